The molecule has 0 radical (unpaired) electrons. The molecule has 1 heterocycles. The van der Waals surface area contributed by atoms with Gasteiger partial charge in [0.15, 0.2) is 0 Å². The van der Waals surface area contributed by atoms with Crippen LogP contribution in [0.5, 0.6) is 0 Å². The van der Waals surface area contributed by atoms with Crippen molar-refractivity contribution in [1.82, 2.24) is 9.97 Å². The average Bonchev–Trinajstić information content (AvgIpc) is 2.73. The molecule has 1 aromatic heterocycles. The second-order valence-corrected chi connectivity index (χ2v) is 3.95. The van der Waals surface area contributed by atoms with Gasteiger partial charge in [0.25, 0.3) is 0 Å². The molecule has 86 valence electrons. The van der Waals surface area contributed by atoms with Gasteiger partial charge in [0.05, 0.1) is 0 Å². The summed E-state index contributed by atoms with van der Waals surface area (Å²) in [5, 5.41) is 12.1. The lowest BCUT2D eigenvalue weighted by Crippen LogP contribution is -2.18. The Kier molecular flexibility index (Phi) is 3.14. The molecule has 0 amide bonds. The summed E-state index contributed by atoms with van der Waals surface area (Å²) in [5.41, 5.74) is 0.420. The molecule has 1 aromatic rings. The number of nitrogens with one attached hydrogen (secondary N) is 1. The second-order valence-electron chi connectivity index (χ2n) is 3.95. The van der Waals surface area contributed by atoms with Gasteiger partial charge in [-0.25, -0.2) is 9.97 Å². The van der Waals surface area contributed by atoms with E-state index in [9.17, 15) is 4.39 Å². The molecule has 2 N–H and O–H groups in total. The normalized spacial score (nSPS) is 23.7. The van der Waals surface area contributed by atoms with Crippen molar-refractivity contribution in [3.05, 3.63) is 30.0 Å². The summed E-state index contributed by atoms with van der Waals surface area (Å²) in [4.78, 5) is 7.46. The van der Waals surface area contributed by atoms with Crippen molar-refractivity contribution in [2.24, 2.45) is 5.92 Å². The van der Waals surface area contributed by atoms with Gasteiger partial charge < -0.3 is 10.4 Å². The van der Waals surface area contributed by atoms with Crippen LogP contribution in [0.25, 0.3) is 0 Å². The Labute approximate surface area is 93.2 Å². The van der Waals surface area contributed by atoms with E-state index >= 15 is 0 Å². The van der Waals surface area contributed by atoms with Crippen LogP contribution in [0.3, 0.4) is 0 Å². The highest BCUT2D eigenvalue weighted by Gasteiger charge is 2.19. The van der Waals surface area contributed by atoms with Crippen LogP contribution in [0.2, 0.25) is 0 Å². The summed E-state index contributed by atoms with van der Waals surface area (Å²) in [5.74, 6) is 0.198. The predicted octanol–water partition coefficient (Wildman–Crippen LogP) is 1.27. The van der Waals surface area contributed by atoms with Crippen molar-refractivity contribution in [3.63, 3.8) is 0 Å². The van der Waals surface area contributed by atoms with Crippen molar-refractivity contribution in [2.45, 2.75) is 19.4 Å². The van der Waals surface area contributed by atoms with Gasteiger partial charge in [-0.3, -0.25) is 0 Å². The fourth-order valence-corrected chi connectivity index (χ4v) is 1.77. The van der Waals surface area contributed by atoms with Gasteiger partial charge in [-0.05, 0) is 13.3 Å². The van der Waals surface area contributed by atoms with Crippen molar-refractivity contribution in [2.75, 3.05) is 11.9 Å². The number of aromatic nitrogens is 2. The molecule has 0 unspecified atom stereocenters. The van der Waals surface area contributed by atoms with Gasteiger partial charge in [0.1, 0.15) is 12.1 Å². The van der Waals surface area contributed by atoms with Crippen LogP contribution >= 0.6 is 0 Å². The first-order valence-corrected chi connectivity index (χ1v) is 5.23. The minimum Gasteiger partial charge on any atom is -0.396 e. The summed E-state index contributed by atoms with van der Waals surface area (Å²) in [6.45, 7) is 1.78. The van der Waals surface area contributed by atoms with Gasteiger partial charge in [0, 0.05) is 24.1 Å². The third-order valence-corrected chi connectivity index (χ3v) is 2.75. The van der Waals surface area contributed by atoms with E-state index < -0.39 is 5.95 Å². The largest absolute Gasteiger partial charge is 0.396 e. The van der Waals surface area contributed by atoms with E-state index in [2.05, 4.69) is 15.3 Å². The first-order valence-electron chi connectivity index (χ1n) is 5.23. The molecule has 0 aliphatic heterocycles. The number of aliphatic hydroxyl groups excluding tert-OH is 1. The van der Waals surface area contributed by atoms with Gasteiger partial charge >= 0.3 is 0 Å². The predicted molar refractivity (Wildman–Crippen MR) is 58.5 cm³/mol. The maximum atomic E-state index is 13.1. The molecular weight excluding hydrogens is 209 g/mol. The van der Waals surface area contributed by atoms with Gasteiger partial charge in [-0.1, -0.05) is 12.2 Å². The second kappa shape index (κ2) is 4.57. The average molecular weight is 223 g/mol. The first-order chi connectivity index (χ1) is 7.70. The Bertz CT molecular complexity index is 408. The van der Waals surface area contributed by atoms with Crippen molar-refractivity contribution in [3.8, 4) is 0 Å². The summed E-state index contributed by atoms with van der Waals surface area (Å²) in [6.07, 6.45) is 5.94. The van der Waals surface area contributed by atoms with Gasteiger partial charge in [-0.15, -0.1) is 0 Å². The zero-order valence-electron chi connectivity index (χ0n) is 9.02. The van der Waals surface area contributed by atoms with Crippen molar-refractivity contribution >= 4 is 5.82 Å². The smallest absolute Gasteiger partial charge is 0.220 e. The van der Waals surface area contributed by atoms with Gasteiger partial charge in [-0.2, -0.15) is 4.39 Å². The van der Waals surface area contributed by atoms with Gasteiger partial charge in [0.2, 0.25) is 5.95 Å². The maximum Gasteiger partial charge on any atom is 0.220 e. The molecule has 0 fully saturated rings. The molecule has 0 saturated carbocycles. The molecule has 0 aromatic carbocycles. The van der Waals surface area contributed by atoms with E-state index in [1.165, 1.54) is 6.33 Å². The third kappa shape index (κ3) is 2.19. The van der Waals surface area contributed by atoms with E-state index in [-0.39, 0.29) is 18.6 Å². The number of halogens is 1. The molecular formula is C11H14FN3O. The highest BCUT2D eigenvalue weighted by Crippen LogP contribution is 2.22. The highest BCUT2D eigenvalue weighted by molar-refractivity contribution is 5.44. The molecule has 2 rings (SSSR count). The van der Waals surface area contributed by atoms with Crippen molar-refractivity contribution in [1.29, 1.82) is 0 Å². The van der Waals surface area contributed by atoms with Crippen LogP contribution in [-0.2, 0) is 0 Å². The number of hydrogen-bond acceptors (Lipinski definition) is 4. The minimum atomic E-state index is -0.502. The van der Waals surface area contributed by atoms with E-state index in [0.717, 1.165) is 6.42 Å². The Hall–Kier alpha value is -1.49. The lowest BCUT2D eigenvalue weighted by Gasteiger charge is -2.14. The van der Waals surface area contributed by atoms with Crippen LogP contribution < -0.4 is 5.32 Å². The first kappa shape index (κ1) is 11.0. The number of aliphatic hydroxyl groups is 1. The molecule has 1 aliphatic carbocycles. The molecule has 0 spiro atoms. The summed E-state index contributed by atoms with van der Waals surface area (Å²) in [6, 6.07) is 0.102. The monoisotopic (exact) mass is 223 g/mol. The lowest BCUT2D eigenvalue weighted by molar-refractivity contribution is 0.250. The number of nitrogens with zero attached hydrogens (tertiary/aromatic N) is 2. The molecule has 16 heavy (non-hydrogen) atoms. The van der Waals surface area contributed by atoms with Crippen molar-refractivity contribution < 1.29 is 9.50 Å². The lowest BCUT2D eigenvalue weighted by atomic mass is 10.1. The summed E-state index contributed by atoms with van der Waals surface area (Å²) >= 11 is 0. The van der Waals surface area contributed by atoms with Crippen LogP contribution in [-0.4, -0.2) is 27.7 Å². The standard InChI is InChI=1S/C11H14FN3O/c1-7-10(12)13-6-14-11(7)15-9-3-2-8(4-9)5-16/h2-3,6,8-9,16H,4-5H2,1H3,(H,13,14,15)/t8-,9+/m0/s1. The SMILES string of the molecule is Cc1c(F)ncnc1N[C@@H]1C=C[C@H](CO)C1. The molecule has 5 heteroatoms. The van der Waals surface area contributed by atoms with Crippen LogP contribution in [0, 0.1) is 18.8 Å². The zero-order chi connectivity index (χ0) is 11.5. The number of hydrogen-bond donors (Lipinski definition) is 2. The summed E-state index contributed by atoms with van der Waals surface area (Å²) in [7, 11) is 0. The number of anilines is 1. The maximum absolute atomic E-state index is 13.1. The molecule has 0 saturated heterocycles. The zero-order valence-corrected chi connectivity index (χ0v) is 9.02. The fourth-order valence-electron chi connectivity index (χ4n) is 1.77. The Morgan fingerprint density at radius 2 is 2.31 bits per heavy atom. The van der Waals surface area contributed by atoms with E-state index in [0.29, 0.717) is 11.4 Å². The molecule has 1 aliphatic rings. The quantitative estimate of drug-likeness (QED) is 0.598. The third-order valence-electron chi connectivity index (χ3n) is 2.75. The van der Waals surface area contributed by atoms with E-state index in [1.807, 2.05) is 12.2 Å². The Morgan fingerprint density at radius 1 is 1.50 bits per heavy atom. The van der Waals surface area contributed by atoms with E-state index in [1.54, 1.807) is 6.92 Å². The molecule has 0 bridgehead atoms. The topological polar surface area (TPSA) is 58.0 Å². The molecule has 2 atom stereocenters. The Morgan fingerprint density at radius 3 is 3.00 bits per heavy atom. The highest BCUT2D eigenvalue weighted by atomic mass is 19.1. The minimum absolute atomic E-state index is 0.102. The van der Waals surface area contributed by atoms with Crippen LogP contribution in [0.4, 0.5) is 10.2 Å². The van der Waals surface area contributed by atoms with Crippen LogP contribution in [0.1, 0.15) is 12.0 Å². The summed E-state index contributed by atoms with van der Waals surface area (Å²) < 4.78 is 13.1. The molecule has 4 nitrogen and oxygen atoms in total. The fraction of sp³-hybridized carbons (Fsp3) is 0.455. The van der Waals surface area contributed by atoms with Crippen LogP contribution in [0.15, 0.2) is 18.5 Å². The Balaban J connectivity index is 2.05. The van der Waals surface area contributed by atoms with E-state index in [4.69, 9.17) is 5.11 Å². The number of rotatable bonds is 3.